The molecule has 0 unspecified atom stereocenters. The van der Waals surface area contributed by atoms with Crippen LogP contribution in [-0.2, 0) is 6.42 Å². The van der Waals surface area contributed by atoms with Gasteiger partial charge in [-0.15, -0.1) is 0 Å². The monoisotopic (exact) mass is 353 g/mol. The highest BCUT2D eigenvalue weighted by Crippen LogP contribution is 2.32. The van der Waals surface area contributed by atoms with Crippen molar-refractivity contribution in [1.29, 1.82) is 0 Å². The van der Waals surface area contributed by atoms with Crippen molar-refractivity contribution in [2.24, 2.45) is 5.73 Å². The summed E-state index contributed by atoms with van der Waals surface area (Å²) in [6.07, 6.45) is 4.25. The lowest BCUT2D eigenvalue weighted by atomic mass is 10.1. The molecule has 3 N–H and O–H groups in total. The van der Waals surface area contributed by atoms with Gasteiger partial charge in [-0.2, -0.15) is 0 Å². The van der Waals surface area contributed by atoms with Gasteiger partial charge in [0.25, 0.3) is 5.91 Å². The molecule has 0 atom stereocenters. The van der Waals surface area contributed by atoms with Gasteiger partial charge in [-0.1, -0.05) is 17.7 Å². The summed E-state index contributed by atoms with van der Waals surface area (Å²) in [6.45, 7) is 2.79. The second kappa shape index (κ2) is 5.89. The molecule has 1 aliphatic heterocycles. The van der Waals surface area contributed by atoms with Gasteiger partial charge in [0, 0.05) is 28.9 Å². The lowest BCUT2D eigenvalue weighted by Gasteiger charge is -2.10. The summed E-state index contributed by atoms with van der Waals surface area (Å²) in [5.74, 6) is 0.340. The number of nitrogens with zero attached hydrogens (tertiary/aromatic N) is 3. The average Bonchev–Trinajstić information content (AvgIpc) is 3.23. The molecule has 2 aromatic heterocycles. The van der Waals surface area contributed by atoms with E-state index in [1.165, 1.54) is 6.33 Å². The number of carbonyl (C=O) groups excluding carboxylic acids is 1. The normalized spacial score (nSPS) is 12.7. The molecule has 1 aromatic carbocycles. The van der Waals surface area contributed by atoms with Crippen LogP contribution in [0.4, 0.5) is 5.82 Å². The molecule has 0 aliphatic carbocycles. The zero-order valence-corrected chi connectivity index (χ0v) is 14.3. The third kappa shape index (κ3) is 2.64. The lowest BCUT2D eigenvalue weighted by molar-refractivity contribution is 0.0994. The lowest BCUT2D eigenvalue weighted by Crippen LogP contribution is -2.16. The molecule has 6 nitrogen and oxygen atoms in total. The van der Waals surface area contributed by atoms with Crippen LogP contribution in [0, 0.1) is 6.92 Å². The van der Waals surface area contributed by atoms with E-state index in [0.29, 0.717) is 10.7 Å². The highest BCUT2D eigenvalue weighted by molar-refractivity contribution is 6.30. The fourth-order valence-corrected chi connectivity index (χ4v) is 3.35. The SMILES string of the molecule is Cc1ccc(Cl)cc1-n1cc(-c2ncnc3c2CCN3)cc1C(N)=O. The van der Waals surface area contributed by atoms with E-state index in [9.17, 15) is 4.79 Å². The summed E-state index contributed by atoms with van der Waals surface area (Å²) in [4.78, 5) is 20.7. The van der Waals surface area contributed by atoms with Crippen LogP contribution in [0.5, 0.6) is 0 Å². The Morgan fingerprint density at radius 1 is 1.32 bits per heavy atom. The number of halogens is 1. The Morgan fingerprint density at radius 3 is 2.96 bits per heavy atom. The van der Waals surface area contributed by atoms with Gasteiger partial charge in [0.05, 0.1) is 11.4 Å². The van der Waals surface area contributed by atoms with Gasteiger partial charge in [-0.3, -0.25) is 4.79 Å². The first-order valence-corrected chi connectivity index (χ1v) is 8.29. The summed E-state index contributed by atoms with van der Waals surface area (Å²) in [6, 6.07) is 7.31. The second-order valence-electron chi connectivity index (χ2n) is 6.01. The summed E-state index contributed by atoms with van der Waals surface area (Å²) >= 11 is 6.14. The van der Waals surface area contributed by atoms with Crippen molar-refractivity contribution < 1.29 is 4.79 Å². The minimum atomic E-state index is -0.505. The number of fused-ring (bicyclic) bond motifs is 1. The van der Waals surface area contributed by atoms with Crippen LogP contribution in [0.25, 0.3) is 16.9 Å². The summed E-state index contributed by atoms with van der Waals surface area (Å²) in [5, 5.41) is 3.83. The number of hydrogen-bond acceptors (Lipinski definition) is 4. The van der Waals surface area contributed by atoms with Crippen molar-refractivity contribution in [3.63, 3.8) is 0 Å². The Bertz CT molecular complexity index is 995. The molecule has 1 amide bonds. The first-order valence-electron chi connectivity index (χ1n) is 7.91. The molecule has 7 heteroatoms. The minimum absolute atomic E-state index is 0.388. The van der Waals surface area contributed by atoms with E-state index in [4.69, 9.17) is 17.3 Å². The van der Waals surface area contributed by atoms with Crippen LogP contribution in [0.1, 0.15) is 21.6 Å². The Hall–Kier alpha value is -2.86. The number of anilines is 1. The predicted octanol–water partition coefficient (Wildman–Crippen LogP) is 2.96. The van der Waals surface area contributed by atoms with E-state index in [-0.39, 0.29) is 0 Å². The fraction of sp³-hybridized carbons (Fsp3) is 0.167. The Balaban J connectivity index is 1.92. The number of benzene rings is 1. The highest BCUT2D eigenvalue weighted by atomic mass is 35.5. The van der Waals surface area contributed by atoms with Crippen LogP contribution in [0.2, 0.25) is 5.02 Å². The number of aromatic nitrogens is 3. The maximum atomic E-state index is 12.0. The number of nitrogens with one attached hydrogen (secondary N) is 1. The molecule has 126 valence electrons. The molecule has 0 saturated heterocycles. The van der Waals surface area contributed by atoms with E-state index >= 15 is 0 Å². The quantitative estimate of drug-likeness (QED) is 0.758. The topological polar surface area (TPSA) is 85.8 Å². The third-order valence-electron chi connectivity index (χ3n) is 4.39. The zero-order chi connectivity index (χ0) is 17.6. The number of primary amides is 1. The first-order chi connectivity index (χ1) is 12.0. The number of nitrogens with two attached hydrogens (primary N) is 1. The largest absolute Gasteiger partial charge is 0.369 e. The van der Waals surface area contributed by atoms with Crippen molar-refractivity contribution in [3.8, 4) is 16.9 Å². The van der Waals surface area contributed by atoms with Gasteiger partial charge in [0.1, 0.15) is 17.8 Å². The molecule has 25 heavy (non-hydrogen) atoms. The highest BCUT2D eigenvalue weighted by Gasteiger charge is 2.21. The van der Waals surface area contributed by atoms with Gasteiger partial charge < -0.3 is 15.6 Å². The standard InChI is InChI=1S/C18H16ClN5O/c1-10-2-3-12(19)7-14(10)24-8-11(6-15(24)17(20)25)16-13-4-5-21-18(13)23-9-22-16/h2-3,6-9H,4-5H2,1H3,(H2,20,25)(H,21,22,23). The predicted molar refractivity (Wildman–Crippen MR) is 97.3 cm³/mol. The van der Waals surface area contributed by atoms with Crippen LogP contribution in [0.15, 0.2) is 36.8 Å². The van der Waals surface area contributed by atoms with Crippen molar-refractivity contribution >= 4 is 23.3 Å². The van der Waals surface area contributed by atoms with Crippen molar-refractivity contribution in [2.45, 2.75) is 13.3 Å². The number of aryl methyl sites for hydroxylation is 1. The Labute approximate surface area is 149 Å². The van der Waals surface area contributed by atoms with Gasteiger partial charge in [0.15, 0.2) is 0 Å². The summed E-state index contributed by atoms with van der Waals surface area (Å²) < 4.78 is 1.77. The number of rotatable bonds is 3. The van der Waals surface area contributed by atoms with E-state index in [1.54, 1.807) is 10.6 Å². The molecule has 3 heterocycles. The average molecular weight is 354 g/mol. The minimum Gasteiger partial charge on any atom is -0.369 e. The molecule has 1 aliphatic rings. The van der Waals surface area contributed by atoms with Gasteiger partial charge >= 0.3 is 0 Å². The second-order valence-corrected chi connectivity index (χ2v) is 6.44. The zero-order valence-electron chi connectivity index (χ0n) is 13.6. The third-order valence-corrected chi connectivity index (χ3v) is 4.62. The maximum absolute atomic E-state index is 12.0. The molecular formula is C18H16ClN5O. The van der Waals surface area contributed by atoms with Crippen LogP contribution in [0.3, 0.4) is 0 Å². The van der Waals surface area contributed by atoms with E-state index in [2.05, 4.69) is 15.3 Å². The van der Waals surface area contributed by atoms with Crippen molar-refractivity contribution in [2.75, 3.05) is 11.9 Å². The molecule has 4 rings (SSSR count). The molecule has 0 bridgehead atoms. The molecule has 0 saturated carbocycles. The van der Waals surface area contributed by atoms with Gasteiger partial charge in [-0.25, -0.2) is 9.97 Å². The number of carbonyl (C=O) groups is 1. The molecule has 3 aromatic rings. The van der Waals surface area contributed by atoms with E-state index < -0.39 is 5.91 Å². The van der Waals surface area contributed by atoms with Crippen LogP contribution < -0.4 is 11.1 Å². The van der Waals surface area contributed by atoms with Crippen LogP contribution >= 0.6 is 11.6 Å². The van der Waals surface area contributed by atoms with Crippen molar-refractivity contribution in [3.05, 3.63) is 58.6 Å². The number of hydrogen-bond donors (Lipinski definition) is 2. The summed E-state index contributed by atoms with van der Waals surface area (Å²) in [7, 11) is 0. The molecule has 0 radical (unpaired) electrons. The number of amides is 1. The van der Waals surface area contributed by atoms with Gasteiger partial charge in [-0.05, 0) is 37.1 Å². The molecule has 0 spiro atoms. The first kappa shape index (κ1) is 15.7. The summed E-state index contributed by atoms with van der Waals surface area (Å²) in [5.41, 5.74) is 10.5. The molecule has 0 fully saturated rings. The van der Waals surface area contributed by atoms with Crippen LogP contribution in [-0.4, -0.2) is 27.0 Å². The Morgan fingerprint density at radius 2 is 2.16 bits per heavy atom. The molecular weight excluding hydrogens is 338 g/mol. The Kier molecular flexibility index (Phi) is 3.69. The fourth-order valence-electron chi connectivity index (χ4n) is 3.18. The van der Waals surface area contributed by atoms with E-state index in [0.717, 1.165) is 46.9 Å². The smallest absolute Gasteiger partial charge is 0.265 e. The maximum Gasteiger partial charge on any atom is 0.265 e. The van der Waals surface area contributed by atoms with E-state index in [1.807, 2.05) is 31.3 Å². The van der Waals surface area contributed by atoms with Crippen molar-refractivity contribution in [1.82, 2.24) is 14.5 Å². The van der Waals surface area contributed by atoms with Gasteiger partial charge in [0.2, 0.25) is 0 Å².